The van der Waals surface area contributed by atoms with Crippen LogP contribution in [0.3, 0.4) is 0 Å². The van der Waals surface area contributed by atoms with Crippen molar-refractivity contribution in [2.75, 3.05) is 13.1 Å². The molecule has 0 spiro atoms. The van der Waals surface area contributed by atoms with Crippen molar-refractivity contribution in [2.24, 2.45) is 0 Å². The molecule has 0 unspecified atom stereocenters. The predicted molar refractivity (Wildman–Crippen MR) is 75.1 cm³/mol. The molecule has 110 valence electrons. The van der Waals surface area contributed by atoms with Crippen LogP contribution >= 0.6 is 0 Å². The number of hydrogen-bond acceptors (Lipinski definition) is 3. The molecule has 2 rings (SSSR count). The van der Waals surface area contributed by atoms with Crippen molar-refractivity contribution in [1.82, 2.24) is 10.6 Å². The molecular formula is C15H21FN2O2. The lowest BCUT2D eigenvalue weighted by Gasteiger charge is -2.19. The van der Waals surface area contributed by atoms with E-state index in [0.29, 0.717) is 13.0 Å². The van der Waals surface area contributed by atoms with E-state index in [1.165, 1.54) is 6.07 Å². The maximum atomic E-state index is 13.5. The van der Waals surface area contributed by atoms with Gasteiger partial charge in [0.15, 0.2) is 11.6 Å². The third-order valence-electron chi connectivity index (χ3n) is 3.47. The largest absolute Gasteiger partial charge is 0.486 e. The highest BCUT2D eigenvalue weighted by molar-refractivity contribution is 5.82. The number of amides is 1. The van der Waals surface area contributed by atoms with Gasteiger partial charge in [-0.1, -0.05) is 19.1 Å². The number of nitrogens with one attached hydrogen (secondary N) is 2. The molecule has 0 aromatic heterocycles. The molecule has 4 nitrogen and oxygen atoms in total. The normalized spacial score (nSPS) is 19.6. The summed E-state index contributed by atoms with van der Waals surface area (Å²) in [5.74, 6) is -0.152. The summed E-state index contributed by atoms with van der Waals surface area (Å²) in [4.78, 5) is 11.9. The number of halogens is 1. The minimum atomic E-state index is -0.380. The van der Waals surface area contributed by atoms with Gasteiger partial charge in [0.05, 0.1) is 12.6 Å². The van der Waals surface area contributed by atoms with Gasteiger partial charge in [-0.15, -0.1) is 0 Å². The number of para-hydroxylation sites is 1. The Hall–Kier alpha value is -1.62. The Morgan fingerprint density at radius 2 is 2.35 bits per heavy atom. The van der Waals surface area contributed by atoms with Gasteiger partial charge in [-0.3, -0.25) is 4.79 Å². The Labute approximate surface area is 118 Å². The van der Waals surface area contributed by atoms with Crippen molar-refractivity contribution < 1.29 is 13.9 Å². The van der Waals surface area contributed by atoms with Crippen LogP contribution in [0.2, 0.25) is 0 Å². The summed E-state index contributed by atoms with van der Waals surface area (Å²) < 4.78 is 19.1. The summed E-state index contributed by atoms with van der Waals surface area (Å²) in [5.41, 5.74) is 0. The second-order valence-electron chi connectivity index (χ2n) is 4.97. The van der Waals surface area contributed by atoms with Crippen molar-refractivity contribution >= 4 is 5.91 Å². The van der Waals surface area contributed by atoms with Crippen molar-refractivity contribution in [3.63, 3.8) is 0 Å². The minimum Gasteiger partial charge on any atom is -0.486 e. The maximum absolute atomic E-state index is 13.5. The molecule has 1 aliphatic rings. The van der Waals surface area contributed by atoms with Crippen molar-refractivity contribution in [2.45, 2.75) is 38.3 Å². The molecule has 1 heterocycles. The van der Waals surface area contributed by atoms with Crippen LogP contribution in [-0.2, 0) is 4.79 Å². The Morgan fingerprint density at radius 3 is 3.00 bits per heavy atom. The smallest absolute Gasteiger partial charge is 0.237 e. The molecule has 1 saturated heterocycles. The third kappa shape index (κ3) is 3.93. The van der Waals surface area contributed by atoms with Gasteiger partial charge in [0.2, 0.25) is 5.91 Å². The molecule has 1 fully saturated rings. The number of rotatable bonds is 6. The summed E-state index contributed by atoms with van der Waals surface area (Å²) in [6.07, 6.45) is 2.38. The molecule has 1 amide bonds. The molecular weight excluding hydrogens is 259 g/mol. The predicted octanol–water partition coefficient (Wildman–Crippen LogP) is 1.85. The molecule has 1 aliphatic heterocycles. The molecule has 1 aromatic carbocycles. The first kappa shape index (κ1) is 14.8. The fourth-order valence-electron chi connectivity index (χ4n) is 2.24. The molecule has 20 heavy (non-hydrogen) atoms. The van der Waals surface area contributed by atoms with Crippen molar-refractivity contribution in [3.8, 4) is 5.75 Å². The Balaban J connectivity index is 1.83. The van der Waals surface area contributed by atoms with Crippen molar-refractivity contribution in [1.29, 1.82) is 0 Å². The van der Waals surface area contributed by atoms with Crippen LogP contribution in [0.25, 0.3) is 0 Å². The molecule has 0 aliphatic carbocycles. The second-order valence-corrected chi connectivity index (χ2v) is 4.97. The number of ether oxygens (including phenoxy) is 1. The van der Waals surface area contributed by atoms with E-state index < -0.39 is 0 Å². The fourth-order valence-corrected chi connectivity index (χ4v) is 2.24. The van der Waals surface area contributed by atoms with E-state index in [1.807, 2.05) is 6.92 Å². The van der Waals surface area contributed by atoms with E-state index in [1.54, 1.807) is 18.2 Å². The van der Waals surface area contributed by atoms with E-state index in [9.17, 15) is 9.18 Å². The quantitative estimate of drug-likeness (QED) is 0.836. The summed E-state index contributed by atoms with van der Waals surface area (Å²) >= 11 is 0. The molecule has 2 N–H and O–H groups in total. The van der Waals surface area contributed by atoms with Crippen LogP contribution in [0.15, 0.2) is 24.3 Å². The average Bonchev–Trinajstić information content (AvgIpc) is 2.99. The summed E-state index contributed by atoms with van der Waals surface area (Å²) in [6, 6.07) is 6.21. The first-order chi connectivity index (χ1) is 9.70. The topological polar surface area (TPSA) is 50.4 Å². The van der Waals surface area contributed by atoms with Gasteiger partial charge < -0.3 is 15.4 Å². The lowest BCUT2D eigenvalue weighted by molar-refractivity contribution is -0.123. The van der Waals surface area contributed by atoms with Crippen LogP contribution in [0.5, 0.6) is 5.75 Å². The SMILES string of the molecule is CC[C@@H](CNC(=O)[C@@H]1CCCN1)Oc1ccccc1F. The van der Waals surface area contributed by atoms with Crippen LogP contribution in [-0.4, -0.2) is 31.1 Å². The van der Waals surface area contributed by atoms with E-state index >= 15 is 0 Å². The number of carbonyl (C=O) groups is 1. The van der Waals surface area contributed by atoms with Gasteiger partial charge in [-0.25, -0.2) is 4.39 Å². The molecule has 0 saturated carbocycles. The molecule has 0 radical (unpaired) electrons. The minimum absolute atomic E-state index is 0.00177. The number of hydrogen-bond donors (Lipinski definition) is 2. The Morgan fingerprint density at radius 1 is 1.55 bits per heavy atom. The highest BCUT2D eigenvalue weighted by atomic mass is 19.1. The van der Waals surface area contributed by atoms with Crippen LogP contribution in [0.4, 0.5) is 4.39 Å². The van der Waals surface area contributed by atoms with Gasteiger partial charge in [0.1, 0.15) is 6.10 Å². The maximum Gasteiger partial charge on any atom is 0.237 e. The van der Waals surface area contributed by atoms with Gasteiger partial charge >= 0.3 is 0 Å². The highest BCUT2D eigenvalue weighted by Gasteiger charge is 2.22. The van der Waals surface area contributed by atoms with Crippen LogP contribution in [0.1, 0.15) is 26.2 Å². The first-order valence-corrected chi connectivity index (χ1v) is 7.13. The van der Waals surface area contributed by atoms with Gasteiger partial charge in [-0.2, -0.15) is 0 Å². The van der Waals surface area contributed by atoms with E-state index in [2.05, 4.69) is 10.6 Å². The Bertz CT molecular complexity index is 447. The number of carbonyl (C=O) groups excluding carboxylic acids is 1. The second kappa shape index (κ2) is 7.24. The van der Waals surface area contributed by atoms with Gasteiger partial charge in [0, 0.05) is 0 Å². The summed E-state index contributed by atoms with van der Waals surface area (Å²) in [7, 11) is 0. The lowest BCUT2D eigenvalue weighted by Crippen LogP contribution is -2.44. The molecule has 2 atom stereocenters. The monoisotopic (exact) mass is 280 g/mol. The van der Waals surface area contributed by atoms with Crippen LogP contribution in [0, 0.1) is 5.82 Å². The lowest BCUT2D eigenvalue weighted by atomic mass is 10.2. The average molecular weight is 280 g/mol. The van der Waals surface area contributed by atoms with Gasteiger partial charge in [0.25, 0.3) is 0 Å². The van der Waals surface area contributed by atoms with E-state index in [-0.39, 0.29) is 29.6 Å². The zero-order chi connectivity index (χ0) is 14.4. The fraction of sp³-hybridized carbons (Fsp3) is 0.533. The van der Waals surface area contributed by atoms with Crippen molar-refractivity contribution in [3.05, 3.63) is 30.1 Å². The zero-order valence-corrected chi connectivity index (χ0v) is 11.7. The first-order valence-electron chi connectivity index (χ1n) is 7.13. The molecule has 5 heteroatoms. The number of benzene rings is 1. The molecule has 0 bridgehead atoms. The summed E-state index contributed by atoms with van der Waals surface area (Å²) in [6.45, 7) is 3.23. The van der Waals surface area contributed by atoms with E-state index in [0.717, 1.165) is 19.4 Å². The van der Waals surface area contributed by atoms with Gasteiger partial charge in [-0.05, 0) is 37.9 Å². The highest BCUT2D eigenvalue weighted by Crippen LogP contribution is 2.17. The third-order valence-corrected chi connectivity index (χ3v) is 3.47. The van der Waals surface area contributed by atoms with E-state index in [4.69, 9.17) is 4.74 Å². The zero-order valence-electron chi connectivity index (χ0n) is 11.7. The Kier molecular flexibility index (Phi) is 5.35. The standard InChI is InChI=1S/C15H21FN2O2/c1-2-11(20-14-8-4-3-6-12(14)16)10-18-15(19)13-7-5-9-17-13/h3-4,6,8,11,13,17H,2,5,7,9-10H2,1H3,(H,18,19)/t11-,13-/m0/s1. The molecule has 1 aromatic rings. The summed E-state index contributed by atoms with van der Waals surface area (Å²) in [5, 5.41) is 6.01. The van der Waals surface area contributed by atoms with Crippen LogP contribution < -0.4 is 15.4 Å².